The van der Waals surface area contributed by atoms with E-state index in [9.17, 15) is 8.42 Å². The number of rotatable bonds is 3. The first-order valence-electron chi connectivity index (χ1n) is 3.37. The largest absolute Gasteiger partial charge is 0.233 e. The van der Waals surface area contributed by atoms with Gasteiger partial charge < -0.3 is 0 Å². The summed E-state index contributed by atoms with van der Waals surface area (Å²) in [6, 6.07) is 0. The minimum Gasteiger partial charge on any atom is -0.225 e. The van der Waals surface area contributed by atoms with Crippen LogP contribution in [0.2, 0.25) is 0 Å². The lowest BCUT2D eigenvalue weighted by Gasteiger charge is -1.92. The van der Waals surface area contributed by atoms with Crippen LogP contribution in [0.3, 0.4) is 0 Å². The van der Waals surface area contributed by atoms with Crippen molar-refractivity contribution in [1.29, 1.82) is 0 Å². The van der Waals surface area contributed by atoms with Crippen molar-refractivity contribution in [1.82, 2.24) is 0 Å². The summed E-state index contributed by atoms with van der Waals surface area (Å²) >= 11 is 0. The highest BCUT2D eigenvalue weighted by molar-refractivity contribution is 7.93. The van der Waals surface area contributed by atoms with Crippen molar-refractivity contribution >= 4 is 10.0 Å². The maximum absolute atomic E-state index is 10.7. The summed E-state index contributed by atoms with van der Waals surface area (Å²) in [6.07, 6.45) is 4.74. The van der Waals surface area contributed by atoms with Crippen LogP contribution in [0.15, 0.2) is 35.3 Å². The van der Waals surface area contributed by atoms with Crippen molar-refractivity contribution in [2.45, 2.75) is 13.8 Å². The van der Waals surface area contributed by atoms with Crippen molar-refractivity contribution in [2.75, 3.05) is 0 Å². The summed E-state index contributed by atoms with van der Waals surface area (Å²) in [5, 5.41) is 4.84. The van der Waals surface area contributed by atoms with E-state index >= 15 is 0 Å². The van der Waals surface area contributed by atoms with Gasteiger partial charge in [-0.2, -0.15) is 0 Å². The Morgan fingerprint density at radius 1 is 1.42 bits per heavy atom. The zero-order valence-corrected chi connectivity index (χ0v) is 8.06. The lowest BCUT2D eigenvalue weighted by Crippen LogP contribution is -2.12. The minimum absolute atomic E-state index is 0.139. The van der Waals surface area contributed by atoms with Gasteiger partial charge in [0.15, 0.2) is 0 Å². The lowest BCUT2D eigenvalue weighted by atomic mass is 10.3. The van der Waals surface area contributed by atoms with E-state index < -0.39 is 10.0 Å². The molecule has 0 fully saturated rings. The Hall–Kier alpha value is -0.870. The Morgan fingerprint density at radius 3 is 2.25 bits per heavy atom. The molecule has 0 atom stereocenters. The van der Waals surface area contributed by atoms with E-state index in [-0.39, 0.29) is 4.91 Å². The van der Waals surface area contributed by atoms with Gasteiger partial charge in [-0.15, -0.1) is 0 Å². The molecule has 12 heavy (non-hydrogen) atoms. The van der Waals surface area contributed by atoms with Crippen LogP contribution in [0.5, 0.6) is 0 Å². The molecule has 0 aliphatic rings. The third-order valence-electron chi connectivity index (χ3n) is 1.16. The molecule has 4 heteroatoms. The predicted octanol–water partition coefficient (Wildman–Crippen LogP) is 1.31. The Labute approximate surface area is 73.3 Å². The van der Waals surface area contributed by atoms with Gasteiger partial charge in [0.25, 0.3) is 0 Å². The molecule has 0 spiro atoms. The average Bonchev–Trinajstić information content (AvgIpc) is 1.84. The van der Waals surface area contributed by atoms with E-state index in [1.807, 2.05) is 6.92 Å². The van der Waals surface area contributed by atoms with Crippen LogP contribution in [0.25, 0.3) is 0 Å². The summed E-state index contributed by atoms with van der Waals surface area (Å²) < 4.78 is 21.3. The molecule has 0 radical (unpaired) electrons. The molecule has 0 amide bonds. The quantitative estimate of drug-likeness (QED) is 0.677. The van der Waals surface area contributed by atoms with Gasteiger partial charge >= 0.3 is 0 Å². The average molecular weight is 187 g/mol. The van der Waals surface area contributed by atoms with Crippen LogP contribution in [0.1, 0.15) is 13.8 Å². The van der Waals surface area contributed by atoms with Crippen LogP contribution < -0.4 is 5.14 Å². The van der Waals surface area contributed by atoms with Gasteiger partial charge in [-0.05, 0) is 19.9 Å². The monoisotopic (exact) mass is 187 g/mol. The molecule has 3 nitrogen and oxygen atoms in total. The van der Waals surface area contributed by atoms with Crippen LogP contribution in [0.4, 0.5) is 0 Å². The zero-order chi connectivity index (χ0) is 9.78. The number of primary sulfonamides is 1. The van der Waals surface area contributed by atoms with Crippen LogP contribution in [0, 0.1) is 0 Å². The van der Waals surface area contributed by atoms with Crippen LogP contribution in [-0.4, -0.2) is 8.42 Å². The summed E-state index contributed by atoms with van der Waals surface area (Å²) in [6.45, 7) is 6.88. The maximum Gasteiger partial charge on any atom is 0.233 e. The van der Waals surface area contributed by atoms with E-state index in [0.717, 1.165) is 5.57 Å². The van der Waals surface area contributed by atoms with Crippen molar-refractivity contribution in [3.05, 3.63) is 35.3 Å². The Bertz CT molecular complexity index is 323. The summed E-state index contributed by atoms with van der Waals surface area (Å²) in [5.41, 5.74) is 0.855. The van der Waals surface area contributed by atoms with Gasteiger partial charge in [0, 0.05) is 0 Å². The fourth-order valence-electron chi connectivity index (χ4n) is 0.443. The molecule has 0 unspecified atom stereocenters. The van der Waals surface area contributed by atoms with E-state index in [4.69, 9.17) is 5.14 Å². The Kier molecular flexibility index (Phi) is 3.92. The van der Waals surface area contributed by atoms with Crippen LogP contribution >= 0.6 is 0 Å². The normalized spacial score (nSPS) is 13.8. The van der Waals surface area contributed by atoms with Gasteiger partial charge in [-0.3, -0.25) is 0 Å². The van der Waals surface area contributed by atoms with E-state index in [1.165, 1.54) is 13.0 Å². The highest BCUT2D eigenvalue weighted by atomic mass is 32.2. The SMILES string of the molecule is C=C(C)/C=C\C=C(/C)S(N)(=O)=O. The van der Waals surface area contributed by atoms with Crippen molar-refractivity contribution < 1.29 is 8.42 Å². The van der Waals surface area contributed by atoms with Gasteiger partial charge in [0.1, 0.15) is 0 Å². The second kappa shape index (κ2) is 4.23. The molecule has 68 valence electrons. The smallest absolute Gasteiger partial charge is 0.225 e. The fourth-order valence-corrected chi connectivity index (χ4v) is 0.711. The molecule has 0 saturated heterocycles. The number of sulfonamides is 1. The van der Waals surface area contributed by atoms with Gasteiger partial charge in [0.05, 0.1) is 4.91 Å². The van der Waals surface area contributed by atoms with E-state index in [2.05, 4.69) is 6.58 Å². The van der Waals surface area contributed by atoms with Crippen molar-refractivity contribution in [3.63, 3.8) is 0 Å². The fraction of sp³-hybridized carbons (Fsp3) is 0.250. The van der Waals surface area contributed by atoms with Gasteiger partial charge in [-0.25, -0.2) is 13.6 Å². The standard InChI is InChI=1S/C8H13NO2S/c1-7(2)5-4-6-8(3)12(9,10)11/h4-6H,1H2,2-3H3,(H2,9,10,11)/b5-4-,8-6+. The van der Waals surface area contributed by atoms with Crippen molar-refractivity contribution in [2.24, 2.45) is 5.14 Å². The van der Waals surface area contributed by atoms with Crippen LogP contribution in [-0.2, 0) is 10.0 Å². The molecule has 0 aromatic carbocycles. The molecule has 0 aliphatic heterocycles. The summed E-state index contributed by atoms with van der Waals surface area (Å²) in [7, 11) is -3.52. The molecule has 0 saturated carbocycles. The number of nitrogens with two attached hydrogens (primary N) is 1. The third-order valence-corrected chi connectivity index (χ3v) is 2.19. The molecular formula is C8H13NO2S. The summed E-state index contributed by atoms with van der Waals surface area (Å²) in [5.74, 6) is 0. The number of hydrogen-bond acceptors (Lipinski definition) is 2. The Balaban J connectivity index is 4.51. The maximum atomic E-state index is 10.7. The first-order valence-corrected chi connectivity index (χ1v) is 4.92. The van der Waals surface area contributed by atoms with E-state index in [1.54, 1.807) is 12.2 Å². The van der Waals surface area contributed by atoms with Gasteiger partial charge in [-0.1, -0.05) is 24.3 Å². The zero-order valence-electron chi connectivity index (χ0n) is 7.24. The highest BCUT2D eigenvalue weighted by Crippen LogP contribution is 2.00. The molecule has 0 aromatic rings. The third kappa shape index (κ3) is 4.87. The topological polar surface area (TPSA) is 60.2 Å². The predicted molar refractivity (Wildman–Crippen MR) is 50.8 cm³/mol. The molecule has 0 aromatic heterocycles. The highest BCUT2D eigenvalue weighted by Gasteiger charge is 2.02. The molecule has 0 bridgehead atoms. The van der Waals surface area contributed by atoms with Gasteiger partial charge in [0.2, 0.25) is 10.0 Å². The minimum atomic E-state index is -3.52. The second-order valence-corrected chi connectivity index (χ2v) is 4.26. The molecule has 0 heterocycles. The lowest BCUT2D eigenvalue weighted by molar-refractivity contribution is 0.603. The van der Waals surface area contributed by atoms with Crippen molar-refractivity contribution in [3.8, 4) is 0 Å². The molecule has 0 rings (SSSR count). The molecule has 2 N–H and O–H groups in total. The number of allylic oxidation sites excluding steroid dienone is 5. The molecule has 0 aliphatic carbocycles. The first kappa shape index (κ1) is 11.1. The first-order chi connectivity index (χ1) is 5.34. The molecular weight excluding hydrogens is 174 g/mol. The second-order valence-electron chi connectivity index (χ2n) is 2.53. The van der Waals surface area contributed by atoms with E-state index in [0.29, 0.717) is 0 Å². The number of hydrogen-bond donors (Lipinski definition) is 1. The Morgan fingerprint density at radius 2 is 1.92 bits per heavy atom. The summed E-state index contributed by atoms with van der Waals surface area (Å²) in [4.78, 5) is 0.139.